The van der Waals surface area contributed by atoms with E-state index in [0.29, 0.717) is 0 Å². The number of aromatic nitrogens is 2. The van der Waals surface area contributed by atoms with Gasteiger partial charge in [-0.3, -0.25) is 0 Å². The van der Waals surface area contributed by atoms with Crippen molar-refractivity contribution in [1.29, 1.82) is 0 Å². The molecule has 0 radical (unpaired) electrons. The van der Waals surface area contributed by atoms with Gasteiger partial charge in [0.05, 0.1) is 33.3 Å². The van der Waals surface area contributed by atoms with Crippen molar-refractivity contribution in [2.45, 2.75) is 0 Å². The first-order valence-corrected chi connectivity index (χ1v) is 15.3. The van der Waals surface area contributed by atoms with Crippen molar-refractivity contribution in [3.8, 4) is 5.69 Å². The molecular weight excluding hydrogens is 532 g/mol. The van der Waals surface area contributed by atoms with Crippen LogP contribution in [-0.4, -0.2) is 8.97 Å². The fourth-order valence-electron chi connectivity index (χ4n) is 8.23. The average Bonchev–Trinajstić information content (AvgIpc) is 3.72. The fourth-order valence-corrected chi connectivity index (χ4v) is 8.23. The Morgan fingerprint density at radius 2 is 0.864 bits per heavy atom. The van der Waals surface area contributed by atoms with Crippen LogP contribution < -0.4 is 0 Å². The second kappa shape index (κ2) is 7.94. The molecule has 11 aromatic rings. The molecule has 0 aliphatic heterocycles. The Morgan fingerprint density at radius 3 is 1.70 bits per heavy atom. The number of nitrogens with zero attached hydrogens (tertiary/aromatic N) is 2. The summed E-state index contributed by atoms with van der Waals surface area (Å²) in [6.45, 7) is 0. The molecule has 202 valence electrons. The quantitative estimate of drug-likeness (QED) is 0.190. The molecule has 0 bridgehead atoms. The molecule has 0 spiro atoms. The highest BCUT2D eigenvalue weighted by Gasteiger charge is 2.26. The predicted molar refractivity (Wildman–Crippen MR) is 188 cm³/mol. The standard InChI is InChI=1S/C42H24N2/c1-2-13-27-24-37-34(23-26(27)12-1)39-38-33-20-10-19-30-29-16-7-8-21-36(29)44(40(30)33)42(38)32-18-6-5-17-31(32)41(39)43(37)35-22-9-14-25-11-3-4-15-28(25)35/h1-24H. The molecule has 0 atom stereocenters. The van der Waals surface area contributed by atoms with Crippen LogP contribution in [0, 0.1) is 0 Å². The Labute approximate surface area is 251 Å². The number of fused-ring (bicyclic) bond motifs is 15. The largest absolute Gasteiger partial charge is 0.308 e. The lowest BCUT2D eigenvalue weighted by atomic mass is 9.97. The summed E-state index contributed by atoms with van der Waals surface area (Å²) in [6.07, 6.45) is 0. The Bertz CT molecular complexity index is 2990. The molecule has 3 heterocycles. The smallest absolute Gasteiger partial charge is 0.0627 e. The van der Waals surface area contributed by atoms with Crippen LogP contribution in [0.4, 0.5) is 0 Å². The van der Waals surface area contributed by atoms with Crippen molar-refractivity contribution in [1.82, 2.24) is 8.97 Å². The molecule has 2 nitrogen and oxygen atoms in total. The van der Waals surface area contributed by atoms with Crippen molar-refractivity contribution < 1.29 is 0 Å². The molecule has 44 heavy (non-hydrogen) atoms. The SMILES string of the molecule is c1ccc2cc3c(cc2c1)c1c2c4cccc5c6ccccc6n(c54)c2c2ccccc2c1n3-c1cccc2ccccc12. The number of para-hydroxylation sites is 2. The summed E-state index contributed by atoms with van der Waals surface area (Å²) in [5, 5.41) is 15.5. The molecule has 11 rings (SSSR count). The van der Waals surface area contributed by atoms with E-state index < -0.39 is 0 Å². The van der Waals surface area contributed by atoms with Crippen LogP contribution in [0.5, 0.6) is 0 Å². The van der Waals surface area contributed by atoms with Gasteiger partial charge in [0.25, 0.3) is 0 Å². The third-order valence-electron chi connectivity index (χ3n) is 9.95. The van der Waals surface area contributed by atoms with Crippen LogP contribution in [0.25, 0.3) is 97.9 Å². The van der Waals surface area contributed by atoms with Gasteiger partial charge in [-0.15, -0.1) is 0 Å². The zero-order chi connectivity index (χ0) is 28.5. The van der Waals surface area contributed by atoms with Crippen molar-refractivity contribution in [3.05, 3.63) is 146 Å². The van der Waals surface area contributed by atoms with Crippen LogP contribution in [0.3, 0.4) is 0 Å². The first-order valence-electron chi connectivity index (χ1n) is 15.3. The molecule has 0 fully saturated rings. The highest BCUT2D eigenvalue weighted by atomic mass is 15.0. The lowest BCUT2D eigenvalue weighted by Crippen LogP contribution is -1.96. The summed E-state index contributed by atoms with van der Waals surface area (Å²) in [4.78, 5) is 0. The Kier molecular flexibility index (Phi) is 4.10. The summed E-state index contributed by atoms with van der Waals surface area (Å²) < 4.78 is 5.09. The van der Waals surface area contributed by atoms with E-state index in [2.05, 4.69) is 155 Å². The topological polar surface area (TPSA) is 9.34 Å². The molecule has 2 heteroatoms. The molecule has 0 saturated heterocycles. The Morgan fingerprint density at radius 1 is 0.318 bits per heavy atom. The second-order valence-corrected chi connectivity index (χ2v) is 12.1. The summed E-state index contributed by atoms with van der Waals surface area (Å²) in [6, 6.07) is 53.8. The van der Waals surface area contributed by atoms with E-state index in [1.54, 1.807) is 0 Å². The highest BCUT2D eigenvalue weighted by Crippen LogP contribution is 2.49. The number of rotatable bonds is 1. The molecule has 0 saturated carbocycles. The second-order valence-electron chi connectivity index (χ2n) is 12.1. The summed E-state index contributed by atoms with van der Waals surface area (Å²) in [5.74, 6) is 0. The van der Waals surface area contributed by atoms with Crippen LogP contribution in [-0.2, 0) is 0 Å². The van der Waals surface area contributed by atoms with Crippen molar-refractivity contribution >= 4 is 92.2 Å². The zero-order valence-electron chi connectivity index (χ0n) is 23.8. The minimum absolute atomic E-state index is 1.21. The van der Waals surface area contributed by atoms with E-state index in [4.69, 9.17) is 0 Å². The van der Waals surface area contributed by atoms with Crippen molar-refractivity contribution in [2.75, 3.05) is 0 Å². The van der Waals surface area contributed by atoms with E-state index in [1.165, 1.54) is 97.9 Å². The number of hydrogen-bond acceptors (Lipinski definition) is 0. The minimum Gasteiger partial charge on any atom is -0.308 e. The van der Waals surface area contributed by atoms with Crippen LogP contribution in [0.2, 0.25) is 0 Å². The van der Waals surface area contributed by atoms with Gasteiger partial charge in [0, 0.05) is 48.5 Å². The van der Waals surface area contributed by atoms with Gasteiger partial charge < -0.3 is 8.97 Å². The Hall–Kier alpha value is -5.86. The van der Waals surface area contributed by atoms with E-state index in [0.717, 1.165) is 0 Å². The van der Waals surface area contributed by atoms with Crippen LogP contribution in [0.1, 0.15) is 0 Å². The summed E-state index contributed by atoms with van der Waals surface area (Å²) >= 11 is 0. The molecule has 0 aliphatic carbocycles. The fraction of sp³-hybridized carbons (Fsp3) is 0. The lowest BCUT2D eigenvalue weighted by Gasteiger charge is -2.14. The monoisotopic (exact) mass is 556 g/mol. The molecule has 0 aliphatic rings. The predicted octanol–water partition coefficient (Wildman–Crippen LogP) is 11.4. The van der Waals surface area contributed by atoms with E-state index in [1.807, 2.05) is 0 Å². The zero-order valence-corrected chi connectivity index (χ0v) is 23.8. The van der Waals surface area contributed by atoms with E-state index in [-0.39, 0.29) is 0 Å². The molecule has 0 unspecified atom stereocenters. The minimum atomic E-state index is 1.21. The van der Waals surface area contributed by atoms with Gasteiger partial charge in [-0.25, -0.2) is 0 Å². The lowest BCUT2D eigenvalue weighted by molar-refractivity contribution is 1.21. The molecule has 8 aromatic carbocycles. The van der Waals surface area contributed by atoms with Gasteiger partial charge >= 0.3 is 0 Å². The van der Waals surface area contributed by atoms with Crippen LogP contribution in [0.15, 0.2) is 146 Å². The average molecular weight is 557 g/mol. The maximum Gasteiger partial charge on any atom is 0.0627 e. The molecule has 0 amide bonds. The van der Waals surface area contributed by atoms with Gasteiger partial charge in [0.15, 0.2) is 0 Å². The van der Waals surface area contributed by atoms with Gasteiger partial charge in [0.2, 0.25) is 0 Å². The van der Waals surface area contributed by atoms with Crippen LogP contribution >= 0.6 is 0 Å². The van der Waals surface area contributed by atoms with Crippen molar-refractivity contribution in [2.24, 2.45) is 0 Å². The third-order valence-corrected chi connectivity index (χ3v) is 9.95. The molecule has 0 N–H and O–H groups in total. The third kappa shape index (κ3) is 2.63. The number of benzene rings is 8. The summed E-state index contributed by atoms with van der Waals surface area (Å²) in [7, 11) is 0. The normalized spacial score (nSPS) is 12.5. The first kappa shape index (κ1) is 22.7. The molecular formula is C42H24N2. The highest BCUT2D eigenvalue weighted by molar-refractivity contribution is 6.40. The molecule has 3 aromatic heterocycles. The van der Waals surface area contributed by atoms with Gasteiger partial charge in [0.1, 0.15) is 0 Å². The Balaban J connectivity index is 1.52. The summed E-state index contributed by atoms with van der Waals surface area (Å²) in [5.41, 5.74) is 7.60. The maximum atomic E-state index is 2.55. The van der Waals surface area contributed by atoms with Gasteiger partial charge in [-0.1, -0.05) is 121 Å². The number of hydrogen-bond donors (Lipinski definition) is 0. The van der Waals surface area contributed by atoms with E-state index >= 15 is 0 Å². The first-order chi connectivity index (χ1) is 21.9. The maximum absolute atomic E-state index is 2.55. The van der Waals surface area contributed by atoms with Gasteiger partial charge in [-0.05, 0) is 40.4 Å². The van der Waals surface area contributed by atoms with Crippen molar-refractivity contribution in [3.63, 3.8) is 0 Å². The van der Waals surface area contributed by atoms with Gasteiger partial charge in [-0.2, -0.15) is 0 Å². The van der Waals surface area contributed by atoms with E-state index in [9.17, 15) is 0 Å².